The van der Waals surface area contributed by atoms with Crippen molar-refractivity contribution in [2.45, 2.75) is 6.54 Å². The number of nitrogens with zero attached hydrogens (tertiary/aromatic N) is 1. The lowest BCUT2D eigenvalue weighted by Crippen LogP contribution is -2.17. The third-order valence-electron chi connectivity index (χ3n) is 3.18. The van der Waals surface area contributed by atoms with Gasteiger partial charge in [0.1, 0.15) is 11.6 Å². The van der Waals surface area contributed by atoms with Gasteiger partial charge < -0.3 is 15.4 Å². The van der Waals surface area contributed by atoms with Gasteiger partial charge in [0.25, 0.3) is 0 Å². The number of ether oxygens (including phenoxy) is 1. The van der Waals surface area contributed by atoms with E-state index in [1.165, 1.54) is 0 Å². The minimum absolute atomic E-state index is 0.0923. The van der Waals surface area contributed by atoms with Crippen molar-refractivity contribution < 1.29 is 4.74 Å². The van der Waals surface area contributed by atoms with Gasteiger partial charge in [-0.05, 0) is 17.7 Å². The Bertz CT molecular complexity index is 593. The molecule has 0 saturated carbocycles. The summed E-state index contributed by atoms with van der Waals surface area (Å²) in [4.78, 5) is 2.13. The summed E-state index contributed by atoms with van der Waals surface area (Å²) in [6.45, 7) is 0.762. The van der Waals surface area contributed by atoms with Crippen molar-refractivity contribution in [1.29, 1.82) is 5.41 Å². The fraction of sp³-hybridized carbons (Fsp3) is 0.188. The molecule has 0 aliphatic rings. The Balaban J connectivity index is 2.14. The highest BCUT2D eigenvalue weighted by Gasteiger charge is 2.08. The zero-order chi connectivity index (χ0) is 14.5. The molecule has 0 saturated heterocycles. The molecule has 0 aromatic heterocycles. The van der Waals surface area contributed by atoms with Gasteiger partial charge in [0, 0.05) is 19.2 Å². The first-order valence-corrected chi connectivity index (χ1v) is 6.39. The fourth-order valence-electron chi connectivity index (χ4n) is 2.09. The maximum atomic E-state index is 7.39. The molecule has 20 heavy (non-hydrogen) atoms. The summed E-state index contributed by atoms with van der Waals surface area (Å²) in [6, 6.07) is 15.6. The second kappa shape index (κ2) is 6.10. The van der Waals surface area contributed by atoms with Crippen molar-refractivity contribution in [3.63, 3.8) is 0 Å². The fourth-order valence-corrected chi connectivity index (χ4v) is 2.09. The van der Waals surface area contributed by atoms with Crippen LogP contribution in [0.1, 0.15) is 11.1 Å². The molecule has 0 heterocycles. The Hall–Kier alpha value is -2.49. The summed E-state index contributed by atoms with van der Waals surface area (Å²) in [5.74, 6) is 0.949. The van der Waals surface area contributed by atoms with Crippen LogP contribution >= 0.6 is 0 Å². The maximum Gasteiger partial charge on any atom is 0.142 e. The van der Waals surface area contributed by atoms with E-state index in [0.717, 1.165) is 29.1 Å². The van der Waals surface area contributed by atoms with Gasteiger partial charge >= 0.3 is 0 Å². The van der Waals surface area contributed by atoms with Gasteiger partial charge in [-0.1, -0.05) is 36.4 Å². The van der Waals surface area contributed by atoms with Crippen LogP contribution in [-0.4, -0.2) is 20.0 Å². The molecule has 3 N–H and O–H groups in total. The van der Waals surface area contributed by atoms with Crippen molar-refractivity contribution in [2.24, 2.45) is 5.73 Å². The standard InChI is InChI=1S/C16H19N3O/c1-19(14-5-3-4-6-15(14)20-2)11-12-7-9-13(10-8-12)16(17)18/h3-10H,11H2,1-2H3,(H3,17,18). The van der Waals surface area contributed by atoms with E-state index in [-0.39, 0.29) is 5.84 Å². The highest BCUT2D eigenvalue weighted by atomic mass is 16.5. The summed E-state index contributed by atoms with van der Waals surface area (Å²) in [6.07, 6.45) is 0. The molecule has 0 unspecified atom stereocenters. The van der Waals surface area contributed by atoms with E-state index in [0.29, 0.717) is 0 Å². The lowest BCUT2D eigenvalue weighted by Gasteiger charge is -2.21. The molecule has 2 aromatic carbocycles. The third kappa shape index (κ3) is 3.09. The molecule has 2 aromatic rings. The molecule has 0 fully saturated rings. The first-order valence-electron chi connectivity index (χ1n) is 6.39. The number of amidine groups is 1. The van der Waals surface area contributed by atoms with Gasteiger partial charge in [-0.3, -0.25) is 5.41 Å². The number of benzene rings is 2. The average molecular weight is 269 g/mol. The number of nitrogens with two attached hydrogens (primary N) is 1. The number of rotatable bonds is 5. The summed E-state index contributed by atoms with van der Waals surface area (Å²) < 4.78 is 5.37. The van der Waals surface area contributed by atoms with Gasteiger partial charge in [-0.25, -0.2) is 0 Å². The van der Waals surface area contributed by atoms with Gasteiger partial charge in [-0.2, -0.15) is 0 Å². The van der Waals surface area contributed by atoms with Gasteiger partial charge in [-0.15, -0.1) is 0 Å². The van der Waals surface area contributed by atoms with E-state index in [4.69, 9.17) is 15.9 Å². The Morgan fingerprint density at radius 1 is 1.15 bits per heavy atom. The van der Waals surface area contributed by atoms with Crippen molar-refractivity contribution in [2.75, 3.05) is 19.1 Å². The van der Waals surface area contributed by atoms with Crippen LogP contribution in [0.4, 0.5) is 5.69 Å². The van der Waals surface area contributed by atoms with E-state index in [1.54, 1.807) is 7.11 Å². The van der Waals surface area contributed by atoms with Crippen LogP contribution in [-0.2, 0) is 6.54 Å². The number of hydrogen-bond donors (Lipinski definition) is 2. The smallest absolute Gasteiger partial charge is 0.142 e. The molecule has 0 aliphatic carbocycles. The van der Waals surface area contributed by atoms with Crippen LogP contribution in [0.25, 0.3) is 0 Å². The quantitative estimate of drug-likeness (QED) is 0.648. The van der Waals surface area contributed by atoms with Gasteiger partial charge in [0.05, 0.1) is 12.8 Å². The Morgan fingerprint density at radius 3 is 2.40 bits per heavy atom. The summed E-state index contributed by atoms with van der Waals surface area (Å²) >= 11 is 0. The number of nitrogens with one attached hydrogen (secondary N) is 1. The van der Waals surface area contributed by atoms with Crippen LogP contribution in [0.5, 0.6) is 5.75 Å². The van der Waals surface area contributed by atoms with Crippen molar-refractivity contribution in [1.82, 2.24) is 0 Å². The first kappa shape index (κ1) is 13.9. The first-order chi connectivity index (χ1) is 9.61. The monoisotopic (exact) mass is 269 g/mol. The predicted octanol–water partition coefficient (Wildman–Crippen LogP) is 2.62. The highest BCUT2D eigenvalue weighted by molar-refractivity contribution is 5.94. The molecule has 104 valence electrons. The topological polar surface area (TPSA) is 62.3 Å². The SMILES string of the molecule is COc1ccccc1N(C)Cc1ccc(C(=N)N)cc1. The lowest BCUT2D eigenvalue weighted by molar-refractivity contribution is 0.415. The van der Waals surface area contributed by atoms with Crippen LogP contribution in [0, 0.1) is 5.41 Å². The largest absolute Gasteiger partial charge is 0.495 e. The minimum Gasteiger partial charge on any atom is -0.495 e. The van der Waals surface area contributed by atoms with E-state index in [2.05, 4.69) is 4.90 Å². The molecule has 0 bridgehead atoms. The lowest BCUT2D eigenvalue weighted by atomic mass is 10.1. The molecule has 0 aliphatic heterocycles. The third-order valence-corrected chi connectivity index (χ3v) is 3.18. The summed E-state index contributed by atoms with van der Waals surface area (Å²) in [5, 5.41) is 7.39. The summed E-state index contributed by atoms with van der Waals surface area (Å²) in [5.41, 5.74) is 8.40. The van der Waals surface area contributed by atoms with Gasteiger partial charge in [0.15, 0.2) is 0 Å². The highest BCUT2D eigenvalue weighted by Crippen LogP contribution is 2.27. The zero-order valence-electron chi connectivity index (χ0n) is 11.8. The molecule has 2 rings (SSSR count). The second-order valence-electron chi connectivity index (χ2n) is 4.64. The Morgan fingerprint density at radius 2 is 1.80 bits per heavy atom. The van der Waals surface area contributed by atoms with Crippen LogP contribution in [0.3, 0.4) is 0 Å². The minimum atomic E-state index is 0.0923. The molecule has 4 heteroatoms. The van der Waals surface area contributed by atoms with Crippen molar-refractivity contribution in [3.8, 4) is 5.75 Å². The van der Waals surface area contributed by atoms with E-state index >= 15 is 0 Å². The normalized spacial score (nSPS) is 10.1. The van der Waals surface area contributed by atoms with Crippen LogP contribution in [0.2, 0.25) is 0 Å². The molecule has 0 amide bonds. The number of hydrogen-bond acceptors (Lipinski definition) is 3. The molecule has 4 nitrogen and oxygen atoms in total. The number of methoxy groups -OCH3 is 1. The number of anilines is 1. The Labute approximate surface area is 119 Å². The average Bonchev–Trinajstić information content (AvgIpc) is 2.47. The molecule has 0 atom stereocenters. The Kier molecular flexibility index (Phi) is 4.25. The zero-order valence-corrected chi connectivity index (χ0v) is 11.8. The molecule has 0 radical (unpaired) electrons. The second-order valence-corrected chi connectivity index (χ2v) is 4.64. The van der Waals surface area contributed by atoms with Crippen LogP contribution in [0.15, 0.2) is 48.5 Å². The van der Waals surface area contributed by atoms with Gasteiger partial charge in [0.2, 0.25) is 0 Å². The molecular weight excluding hydrogens is 250 g/mol. The number of nitrogen functional groups attached to an aromatic ring is 1. The van der Waals surface area contributed by atoms with Crippen molar-refractivity contribution >= 4 is 11.5 Å². The maximum absolute atomic E-state index is 7.39. The summed E-state index contributed by atoms with van der Waals surface area (Å²) in [7, 11) is 3.70. The van der Waals surface area contributed by atoms with E-state index in [1.807, 2.05) is 55.6 Å². The van der Waals surface area contributed by atoms with Crippen molar-refractivity contribution in [3.05, 3.63) is 59.7 Å². The molecular formula is C16H19N3O. The van der Waals surface area contributed by atoms with Crippen LogP contribution < -0.4 is 15.4 Å². The van der Waals surface area contributed by atoms with E-state index in [9.17, 15) is 0 Å². The van der Waals surface area contributed by atoms with E-state index < -0.39 is 0 Å². The number of para-hydroxylation sites is 2. The predicted molar refractivity (Wildman–Crippen MR) is 82.6 cm³/mol. The molecule has 0 spiro atoms.